The van der Waals surface area contributed by atoms with Gasteiger partial charge >= 0.3 is 0 Å². The number of hydrogen-bond acceptors (Lipinski definition) is 6. The zero-order valence-corrected chi connectivity index (χ0v) is 11.6. The van der Waals surface area contributed by atoms with Gasteiger partial charge in [-0.15, -0.1) is 0 Å². The van der Waals surface area contributed by atoms with Crippen LogP contribution in [0.2, 0.25) is 5.28 Å². The Morgan fingerprint density at radius 2 is 1.95 bits per heavy atom. The first-order chi connectivity index (χ1) is 9.17. The molecule has 19 heavy (non-hydrogen) atoms. The number of halogens is 1. The molecule has 0 amide bonds. The second kappa shape index (κ2) is 6.33. The lowest BCUT2D eigenvalue weighted by molar-refractivity contribution is 0.767. The third kappa shape index (κ3) is 4.06. The first-order valence-electron chi connectivity index (χ1n) is 6.04. The van der Waals surface area contributed by atoms with Crippen LogP contribution >= 0.6 is 11.6 Å². The van der Waals surface area contributed by atoms with Crippen molar-refractivity contribution in [1.82, 2.24) is 24.7 Å². The SMILES string of the molecule is CCCNc1nc(Cl)nc(NCc2cnn(C)c2)n1. The van der Waals surface area contributed by atoms with Gasteiger partial charge in [0.2, 0.25) is 17.2 Å². The van der Waals surface area contributed by atoms with Gasteiger partial charge in [-0.1, -0.05) is 6.92 Å². The lowest BCUT2D eigenvalue weighted by Gasteiger charge is -2.06. The lowest BCUT2D eigenvalue weighted by Crippen LogP contribution is -2.09. The molecule has 0 atom stereocenters. The van der Waals surface area contributed by atoms with Gasteiger partial charge in [0.15, 0.2) is 0 Å². The normalized spacial score (nSPS) is 10.5. The molecule has 0 spiro atoms. The summed E-state index contributed by atoms with van der Waals surface area (Å²) >= 11 is 5.86. The smallest absolute Gasteiger partial charge is 0.229 e. The number of nitrogens with zero attached hydrogens (tertiary/aromatic N) is 5. The topological polar surface area (TPSA) is 80.5 Å². The van der Waals surface area contributed by atoms with E-state index in [1.807, 2.05) is 13.2 Å². The molecule has 2 rings (SSSR count). The average molecular weight is 282 g/mol. The van der Waals surface area contributed by atoms with Gasteiger partial charge in [0.1, 0.15) is 0 Å². The fourth-order valence-electron chi connectivity index (χ4n) is 1.49. The van der Waals surface area contributed by atoms with Gasteiger partial charge in [-0.3, -0.25) is 4.68 Å². The third-order valence-electron chi connectivity index (χ3n) is 2.35. The summed E-state index contributed by atoms with van der Waals surface area (Å²) in [6.45, 7) is 3.45. The first kappa shape index (κ1) is 13.5. The van der Waals surface area contributed by atoms with Crippen LogP contribution in [0.25, 0.3) is 0 Å². The van der Waals surface area contributed by atoms with E-state index in [-0.39, 0.29) is 5.28 Å². The van der Waals surface area contributed by atoms with Gasteiger partial charge in [0, 0.05) is 31.9 Å². The number of aromatic nitrogens is 5. The van der Waals surface area contributed by atoms with E-state index in [1.54, 1.807) is 10.9 Å². The van der Waals surface area contributed by atoms with Gasteiger partial charge < -0.3 is 10.6 Å². The largest absolute Gasteiger partial charge is 0.354 e. The van der Waals surface area contributed by atoms with Crippen molar-refractivity contribution in [1.29, 1.82) is 0 Å². The third-order valence-corrected chi connectivity index (χ3v) is 2.52. The molecule has 0 saturated heterocycles. The molecule has 2 aromatic rings. The number of rotatable bonds is 6. The molecule has 2 N–H and O–H groups in total. The fourth-order valence-corrected chi connectivity index (χ4v) is 1.65. The monoisotopic (exact) mass is 281 g/mol. The van der Waals surface area contributed by atoms with E-state index in [1.165, 1.54) is 0 Å². The molecule has 0 radical (unpaired) electrons. The summed E-state index contributed by atoms with van der Waals surface area (Å²) in [6.07, 6.45) is 4.69. The maximum absolute atomic E-state index is 5.86. The van der Waals surface area contributed by atoms with Crippen molar-refractivity contribution < 1.29 is 0 Å². The number of aryl methyl sites for hydroxylation is 1. The highest BCUT2D eigenvalue weighted by molar-refractivity contribution is 6.28. The summed E-state index contributed by atoms with van der Waals surface area (Å²) in [7, 11) is 1.87. The summed E-state index contributed by atoms with van der Waals surface area (Å²) in [5, 5.41) is 10.4. The van der Waals surface area contributed by atoms with Crippen molar-refractivity contribution in [2.75, 3.05) is 17.2 Å². The minimum atomic E-state index is 0.169. The minimum absolute atomic E-state index is 0.169. The van der Waals surface area contributed by atoms with E-state index >= 15 is 0 Å². The molecule has 0 unspecified atom stereocenters. The Balaban J connectivity index is 2.01. The average Bonchev–Trinajstić information content (AvgIpc) is 2.79. The van der Waals surface area contributed by atoms with E-state index < -0.39 is 0 Å². The van der Waals surface area contributed by atoms with Crippen LogP contribution in [-0.4, -0.2) is 31.3 Å². The van der Waals surface area contributed by atoms with Crippen molar-refractivity contribution in [2.45, 2.75) is 19.9 Å². The Hall–Kier alpha value is -1.89. The molecule has 0 aliphatic rings. The molecule has 0 aromatic carbocycles. The molecule has 0 fully saturated rings. The summed E-state index contributed by atoms with van der Waals surface area (Å²) in [6, 6.07) is 0. The number of nitrogens with one attached hydrogen (secondary N) is 2. The summed E-state index contributed by atoms with van der Waals surface area (Å²) in [4.78, 5) is 12.3. The highest BCUT2D eigenvalue weighted by Crippen LogP contribution is 2.10. The molecule has 7 nitrogen and oxygen atoms in total. The van der Waals surface area contributed by atoms with Gasteiger partial charge in [-0.25, -0.2) is 0 Å². The summed E-state index contributed by atoms with van der Waals surface area (Å²) in [5.41, 5.74) is 1.04. The van der Waals surface area contributed by atoms with Gasteiger partial charge in [0.05, 0.1) is 6.20 Å². The molecule has 8 heteroatoms. The Bertz CT molecular complexity index is 540. The van der Waals surface area contributed by atoms with Crippen molar-refractivity contribution in [2.24, 2.45) is 7.05 Å². The Morgan fingerprint density at radius 1 is 1.21 bits per heavy atom. The molecule has 0 aliphatic carbocycles. The Labute approximate surface area is 116 Å². The number of hydrogen-bond donors (Lipinski definition) is 2. The standard InChI is InChI=1S/C11H16ClN7/c1-3-4-13-10-16-9(12)17-11(18-10)14-5-8-6-15-19(2)7-8/h6-7H,3-5H2,1-2H3,(H2,13,14,16,17,18). The van der Waals surface area contributed by atoms with Crippen LogP contribution in [0.4, 0.5) is 11.9 Å². The van der Waals surface area contributed by atoms with Gasteiger partial charge in [-0.05, 0) is 18.0 Å². The van der Waals surface area contributed by atoms with E-state index in [0.29, 0.717) is 18.4 Å². The van der Waals surface area contributed by atoms with Crippen molar-refractivity contribution >= 4 is 23.5 Å². The molecule has 102 valence electrons. The van der Waals surface area contributed by atoms with Crippen LogP contribution in [0.3, 0.4) is 0 Å². The van der Waals surface area contributed by atoms with Gasteiger partial charge in [0.25, 0.3) is 0 Å². The summed E-state index contributed by atoms with van der Waals surface area (Å²) in [5.74, 6) is 0.929. The molecule has 2 heterocycles. The predicted molar refractivity (Wildman–Crippen MR) is 74.2 cm³/mol. The zero-order valence-electron chi connectivity index (χ0n) is 10.9. The summed E-state index contributed by atoms with van der Waals surface area (Å²) < 4.78 is 1.74. The van der Waals surface area contributed by atoms with E-state index in [0.717, 1.165) is 18.5 Å². The molecular weight excluding hydrogens is 266 g/mol. The fraction of sp³-hybridized carbons (Fsp3) is 0.455. The van der Waals surface area contributed by atoms with Crippen LogP contribution in [-0.2, 0) is 13.6 Å². The van der Waals surface area contributed by atoms with Gasteiger partial charge in [-0.2, -0.15) is 20.1 Å². The second-order valence-corrected chi connectivity index (χ2v) is 4.39. The minimum Gasteiger partial charge on any atom is -0.354 e. The number of anilines is 2. The van der Waals surface area contributed by atoms with Crippen molar-refractivity contribution in [3.05, 3.63) is 23.2 Å². The quantitative estimate of drug-likeness (QED) is 0.839. The highest BCUT2D eigenvalue weighted by atomic mass is 35.5. The van der Waals surface area contributed by atoms with Crippen LogP contribution in [0.1, 0.15) is 18.9 Å². The van der Waals surface area contributed by atoms with E-state index in [4.69, 9.17) is 11.6 Å². The van der Waals surface area contributed by atoms with Crippen LogP contribution in [0.15, 0.2) is 12.4 Å². The van der Waals surface area contributed by atoms with Crippen molar-refractivity contribution in [3.63, 3.8) is 0 Å². The predicted octanol–water partition coefficient (Wildman–Crippen LogP) is 1.69. The molecule has 0 bridgehead atoms. The highest BCUT2D eigenvalue weighted by Gasteiger charge is 2.04. The Morgan fingerprint density at radius 3 is 2.58 bits per heavy atom. The van der Waals surface area contributed by atoms with Crippen LogP contribution in [0, 0.1) is 0 Å². The Kier molecular flexibility index (Phi) is 4.51. The molecule has 2 aromatic heterocycles. The van der Waals surface area contributed by atoms with E-state index in [9.17, 15) is 0 Å². The maximum Gasteiger partial charge on any atom is 0.229 e. The van der Waals surface area contributed by atoms with Crippen molar-refractivity contribution in [3.8, 4) is 0 Å². The van der Waals surface area contributed by atoms with E-state index in [2.05, 4.69) is 37.6 Å². The molecular formula is C11H16ClN7. The molecule has 0 saturated carbocycles. The lowest BCUT2D eigenvalue weighted by atomic mass is 10.4. The van der Waals surface area contributed by atoms with Crippen LogP contribution < -0.4 is 10.6 Å². The maximum atomic E-state index is 5.86. The molecule has 0 aliphatic heterocycles. The first-order valence-corrected chi connectivity index (χ1v) is 6.42. The second-order valence-electron chi connectivity index (χ2n) is 4.05. The van der Waals surface area contributed by atoms with Crippen LogP contribution in [0.5, 0.6) is 0 Å². The zero-order chi connectivity index (χ0) is 13.7.